The molecule has 3 heteroatoms. The summed E-state index contributed by atoms with van der Waals surface area (Å²) in [6.07, 6.45) is 8.53. The lowest BCUT2D eigenvalue weighted by Gasteiger charge is -2.23. The van der Waals surface area contributed by atoms with E-state index in [1.54, 1.807) is 0 Å². The first-order valence-electron chi connectivity index (χ1n) is 5.43. The van der Waals surface area contributed by atoms with Gasteiger partial charge in [0.1, 0.15) is 12.5 Å². The van der Waals surface area contributed by atoms with Crippen LogP contribution in [0.3, 0.4) is 0 Å². The fourth-order valence-corrected chi connectivity index (χ4v) is 1.52. The molecule has 0 aromatic heterocycles. The van der Waals surface area contributed by atoms with Crippen molar-refractivity contribution in [3.8, 4) is 0 Å². The smallest absolute Gasteiger partial charge is 0.116 e. The first-order valence-corrected chi connectivity index (χ1v) is 5.43. The summed E-state index contributed by atoms with van der Waals surface area (Å²) in [6.45, 7) is 5.54. The zero-order valence-corrected chi connectivity index (χ0v) is 8.79. The molecule has 0 spiro atoms. The maximum Gasteiger partial charge on any atom is 0.116 e. The van der Waals surface area contributed by atoms with Crippen LogP contribution >= 0.6 is 0 Å². The number of rotatable bonds is 6. The zero-order chi connectivity index (χ0) is 9.52. The van der Waals surface area contributed by atoms with Gasteiger partial charge in [-0.25, -0.2) is 0 Å². The molecule has 1 aliphatic heterocycles. The summed E-state index contributed by atoms with van der Waals surface area (Å²) in [6, 6.07) is 0. The van der Waals surface area contributed by atoms with Gasteiger partial charge >= 0.3 is 0 Å². The molecule has 13 heavy (non-hydrogen) atoms. The molecule has 1 N–H and O–H groups in total. The molecule has 0 fully saturated rings. The highest BCUT2D eigenvalue weighted by Crippen LogP contribution is 2.10. The first kappa shape index (κ1) is 10.4. The van der Waals surface area contributed by atoms with Crippen LogP contribution in [0.5, 0.6) is 0 Å². The topological polar surface area (TPSA) is 27.6 Å². The molecule has 0 aromatic carbocycles. The molecular weight excluding hydrogens is 162 g/mol. The van der Waals surface area contributed by atoms with E-state index < -0.39 is 0 Å². The number of hydrogen-bond acceptors (Lipinski definition) is 3. The summed E-state index contributed by atoms with van der Waals surface area (Å²) >= 11 is 0. The highest BCUT2D eigenvalue weighted by Gasteiger charge is 2.17. The number of nitrogens with zero attached hydrogens (tertiary/aromatic N) is 2. The number of unbranched alkanes of at least 4 members (excludes halogenated alkanes) is 2. The number of hydrogen-bond donors (Lipinski definition) is 1. The van der Waals surface area contributed by atoms with Crippen LogP contribution in [0.15, 0.2) is 5.10 Å². The molecule has 3 nitrogen and oxygen atoms in total. The quantitative estimate of drug-likeness (QED) is 0.683. The van der Waals surface area contributed by atoms with Crippen LogP contribution in [0, 0.1) is 0 Å². The van der Waals surface area contributed by atoms with Gasteiger partial charge in [-0.3, -0.25) is 5.01 Å². The molecule has 0 aliphatic carbocycles. The van der Waals surface area contributed by atoms with Gasteiger partial charge in [-0.05, 0) is 19.3 Å². The van der Waals surface area contributed by atoms with Crippen molar-refractivity contribution in [3.05, 3.63) is 0 Å². The first-order chi connectivity index (χ1) is 6.38. The van der Waals surface area contributed by atoms with Crippen molar-refractivity contribution in [3.63, 3.8) is 0 Å². The van der Waals surface area contributed by atoms with Crippen molar-refractivity contribution in [1.82, 2.24) is 10.3 Å². The predicted octanol–water partition coefficient (Wildman–Crippen LogP) is 2.15. The Hall–Kier alpha value is -0.730. The largest absolute Gasteiger partial charge is 0.353 e. The second-order valence-electron chi connectivity index (χ2n) is 3.59. The average Bonchev–Trinajstić information content (AvgIpc) is 2.59. The third-order valence-corrected chi connectivity index (χ3v) is 2.40. The standard InChI is InChI=1S/C10H21N3/c1-3-5-7-10-11-9-12-13(10)8-6-4-2/h9-10H,3-8H2,1-2H3,(H,11,12). The van der Waals surface area contributed by atoms with E-state index in [0.29, 0.717) is 6.17 Å². The van der Waals surface area contributed by atoms with Crippen molar-refractivity contribution in [2.45, 2.75) is 52.1 Å². The van der Waals surface area contributed by atoms with Crippen molar-refractivity contribution in [2.75, 3.05) is 6.54 Å². The van der Waals surface area contributed by atoms with Crippen LogP contribution in [-0.2, 0) is 0 Å². The molecule has 0 bridgehead atoms. The molecule has 1 rings (SSSR count). The molecular formula is C10H21N3. The fraction of sp³-hybridized carbons (Fsp3) is 0.900. The Morgan fingerprint density at radius 2 is 2.08 bits per heavy atom. The van der Waals surface area contributed by atoms with Crippen LogP contribution in [-0.4, -0.2) is 24.1 Å². The summed E-state index contributed by atoms with van der Waals surface area (Å²) < 4.78 is 0. The Morgan fingerprint density at radius 1 is 1.31 bits per heavy atom. The van der Waals surface area contributed by atoms with Crippen LogP contribution in [0.25, 0.3) is 0 Å². The Kier molecular flexibility index (Phi) is 4.65. The minimum absolute atomic E-state index is 0.464. The fourth-order valence-electron chi connectivity index (χ4n) is 1.52. The Bertz CT molecular complexity index is 156. The van der Waals surface area contributed by atoms with E-state index in [-0.39, 0.29) is 0 Å². The normalized spacial score (nSPS) is 20.8. The van der Waals surface area contributed by atoms with Gasteiger partial charge in [0.2, 0.25) is 0 Å². The Morgan fingerprint density at radius 3 is 2.77 bits per heavy atom. The van der Waals surface area contributed by atoms with Crippen LogP contribution in [0.4, 0.5) is 0 Å². The van der Waals surface area contributed by atoms with Gasteiger partial charge in [-0.15, -0.1) is 0 Å². The van der Waals surface area contributed by atoms with E-state index in [0.717, 1.165) is 6.54 Å². The summed E-state index contributed by atoms with van der Waals surface area (Å²) in [5.41, 5.74) is 0. The van der Waals surface area contributed by atoms with Gasteiger partial charge in [0.25, 0.3) is 0 Å². The van der Waals surface area contributed by atoms with Crippen LogP contribution in [0.1, 0.15) is 46.0 Å². The zero-order valence-electron chi connectivity index (χ0n) is 8.79. The molecule has 1 aliphatic rings. The lowest BCUT2D eigenvalue weighted by Crippen LogP contribution is -2.36. The highest BCUT2D eigenvalue weighted by atomic mass is 15.6. The second kappa shape index (κ2) is 5.84. The van der Waals surface area contributed by atoms with Gasteiger partial charge in [0, 0.05) is 6.54 Å². The predicted molar refractivity (Wildman–Crippen MR) is 56.6 cm³/mol. The number of nitrogens with one attached hydrogen (secondary N) is 1. The summed E-state index contributed by atoms with van der Waals surface area (Å²) in [5, 5.41) is 9.77. The third kappa shape index (κ3) is 3.25. The van der Waals surface area contributed by atoms with Gasteiger partial charge in [0.15, 0.2) is 0 Å². The molecule has 1 heterocycles. The Labute approximate surface area is 81.2 Å². The van der Waals surface area contributed by atoms with E-state index in [1.807, 2.05) is 6.34 Å². The lowest BCUT2D eigenvalue weighted by atomic mass is 10.2. The van der Waals surface area contributed by atoms with Crippen molar-refractivity contribution in [1.29, 1.82) is 0 Å². The summed E-state index contributed by atoms with van der Waals surface area (Å²) in [7, 11) is 0. The maximum absolute atomic E-state index is 4.30. The monoisotopic (exact) mass is 183 g/mol. The minimum atomic E-state index is 0.464. The van der Waals surface area contributed by atoms with E-state index in [1.165, 1.54) is 32.1 Å². The van der Waals surface area contributed by atoms with Crippen molar-refractivity contribution in [2.24, 2.45) is 5.10 Å². The van der Waals surface area contributed by atoms with Gasteiger partial charge in [0.05, 0.1) is 0 Å². The molecule has 0 saturated heterocycles. The summed E-state index contributed by atoms with van der Waals surface area (Å²) in [5.74, 6) is 0. The molecule has 1 unspecified atom stereocenters. The SMILES string of the molecule is CCCCC1NC=NN1CCCC. The highest BCUT2D eigenvalue weighted by molar-refractivity contribution is 5.56. The van der Waals surface area contributed by atoms with E-state index in [9.17, 15) is 0 Å². The van der Waals surface area contributed by atoms with E-state index >= 15 is 0 Å². The lowest BCUT2D eigenvalue weighted by molar-refractivity contribution is 0.200. The minimum Gasteiger partial charge on any atom is -0.353 e. The Balaban J connectivity index is 2.21. The van der Waals surface area contributed by atoms with Crippen molar-refractivity contribution < 1.29 is 0 Å². The van der Waals surface area contributed by atoms with E-state index in [2.05, 4.69) is 29.3 Å². The number of hydrazone groups is 1. The maximum atomic E-state index is 4.30. The van der Waals surface area contributed by atoms with Gasteiger partial charge in [-0.1, -0.05) is 26.7 Å². The molecule has 0 aromatic rings. The van der Waals surface area contributed by atoms with Crippen LogP contribution < -0.4 is 5.32 Å². The molecule has 76 valence electrons. The van der Waals surface area contributed by atoms with E-state index in [4.69, 9.17) is 0 Å². The average molecular weight is 183 g/mol. The molecule has 1 atom stereocenters. The second-order valence-corrected chi connectivity index (χ2v) is 3.59. The third-order valence-electron chi connectivity index (χ3n) is 2.40. The van der Waals surface area contributed by atoms with Crippen LogP contribution in [0.2, 0.25) is 0 Å². The molecule has 0 radical (unpaired) electrons. The van der Waals surface area contributed by atoms with Gasteiger partial charge in [-0.2, -0.15) is 5.10 Å². The van der Waals surface area contributed by atoms with Gasteiger partial charge < -0.3 is 5.32 Å². The summed E-state index contributed by atoms with van der Waals surface area (Å²) in [4.78, 5) is 0. The molecule has 0 saturated carbocycles. The molecule has 0 amide bonds. The van der Waals surface area contributed by atoms with Crippen molar-refractivity contribution >= 4 is 6.34 Å².